The van der Waals surface area contributed by atoms with E-state index in [0.717, 1.165) is 9.87 Å². The van der Waals surface area contributed by atoms with Crippen molar-refractivity contribution in [3.63, 3.8) is 0 Å². The molecule has 2 aromatic carbocycles. The van der Waals surface area contributed by atoms with Gasteiger partial charge in [0.15, 0.2) is 23.1 Å². The summed E-state index contributed by atoms with van der Waals surface area (Å²) in [7, 11) is -2.73. The number of aryl methyl sites for hydroxylation is 2. The predicted molar refractivity (Wildman–Crippen MR) is 158 cm³/mol. The minimum absolute atomic E-state index is 0.0821. The smallest absolute Gasteiger partial charge is 0.251 e. The van der Waals surface area contributed by atoms with E-state index in [-0.39, 0.29) is 48.2 Å². The molecule has 2 bridgehead atoms. The minimum atomic E-state index is -4.23. The number of methoxy groups -OCH3 is 1. The zero-order valence-electron chi connectivity index (χ0n) is 24.7. The highest BCUT2D eigenvalue weighted by Gasteiger charge is 2.33. The first-order chi connectivity index (χ1) is 21.1. The highest BCUT2D eigenvalue weighted by atomic mass is 32.2. The van der Waals surface area contributed by atoms with Gasteiger partial charge in [-0.1, -0.05) is 35.5 Å². The lowest BCUT2D eigenvalue weighted by molar-refractivity contribution is -0.122. The zero-order valence-corrected chi connectivity index (χ0v) is 25.6. The number of fused-ring (bicyclic) bond motifs is 3. The SMILES string of the molecule is COc1ccc2cc1OCCn1nc(-c3ccccc3)nc1[C@@H](C)NC(=O)CN(S(=O)(=O)c1c(C)noc1C)CCNC2=O. The number of hydrogen-bond acceptors (Lipinski definition) is 10. The maximum Gasteiger partial charge on any atom is 0.251 e. The van der Waals surface area contributed by atoms with Gasteiger partial charge in [-0.2, -0.15) is 9.40 Å². The average Bonchev–Trinajstić information content (AvgIpc) is 3.59. The molecule has 15 heteroatoms. The van der Waals surface area contributed by atoms with Crippen LogP contribution in [0.2, 0.25) is 0 Å². The topological polar surface area (TPSA) is 171 Å². The summed E-state index contributed by atoms with van der Waals surface area (Å²) in [5, 5.41) is 14.0. The molecule has 4 aromatic rings. The first-order valence-corrected chi connectivity index (χ1v) is 15.3. The number of aromatic nitrogens is 4. The molecule has 0 saturated heterocycles. The summed E-state index contributed by atoms with van der Waals surface area (Å²) in [6.07, 6.45) is 0. The maximum atomic E-state index is 13.7. The number of ether oxygens (including phenoxy) is 2. The number of rotatable bonds is 4. The van der Waals surface area contributed by atoms with Crippen molar-refractivity contribution in [3.8, 4) is 22.9 Å². The molecule has 0 aliphatic carbocycles. The molecule has 1 aliphatic rings. The van der Waals surface area contributed by atoms with Crippen LogP contribution in [0.5, 0.6) is 11.5 Å². The van der Waals surface area contributed by atoms with E-state index in [0.29, 0.717) is 23.1 Å². The Kier molecular flexibility index (Phi) is 8.96. The van der Waals surface area contributed by atoms with Gasteiger partial charge in [0.05, 0.1) is 26.2 Å². The third-order valence-corrected chi connectivity index (χ3v) is 9.11. The Morgan fingerprint density at radius 2 is 1.82 bits per heavy atom. The van der Waals surface area contributed by atoms with Gasteiger partial charge in [-0.15, -0.1) is 0 Å². The van der Waals surface area contributed by atoms with Crippen LogP contribution >= 0.6 is 0 Å². The normalized spacial score (nSPS) is 17.1. The lowest BCUT2D eigenvalue weighted by Gasteiger charge is -2.23. The van der Waals surface area contributed by atoms with Crippen molar-refractivity contribution < 1.29 is 32.0 Å². The molecule has 14 nitrogen and oxygen atoms in total. The molecule has 0 radical (unpaired) electrons. The molecule has 0 saturated carbocycles. The molecule has 0 fully saturated rings. The van der Waals surface area contributed by atoms with Crippen LogP contribution in [0.25, 0.3) is 11.4 Å². The van der Waals surface area contributed by atoms with Crippen molar-refractivity contribution in [3.05, 3.63) is 71.4 Å². The van der Waals surface area contributed by atoms with Gasteiger partial charge in [-0.25, -0.2) is 18.1 Å². The van der Waals surface area contributed by atoms with Crippen molar-refractivity contribution in [1.82, 2.24) is 34.9 Å². The number of nitrogens with zero attached hydrogens (tertiary/aromatic N) is 5. The number of carbonyl (C=O) groups excluding carboxylic acids is 2. The Balaban J connectivity index is 1.52. The predicted octanol–water partition coefficient (Wildman–Crippen LogP) is 2.25. The molecule has 2 aromatic heterocycles. The van der Waals surface area contributed by atoms with E-state index in [4.69, 9.17) is 19.0 Å². The fraction of sp³-hybridized carbons (Fsp3) is 0.345. The van der Waals surface area contributed by atoms with Gasteiger partial charge in [0.25, 0.3) is 5.91 Å². The molecule has 44 heavy (non-hydrogen) atoms. The van der Waals surface area contributed by atoms with Crippen LogP contribution < -0.4 is 20.1 Å². The van der Waals surface area contributed by atoms with Gasteiger partial charge in [-0.3, -0.25) is 9.59 Å². The van der Waals surface area contributed by atoms with Crippen LogP contribution in [0.15, 0.2) is 57.9 Å². The van der Waals surface area contributed by atoms with E-state index < -0.39 is 34.4 Å². The van der Waals surface area contributed by atoms with E-state index in [1.54, 1.807) is 29.8 Å². The van der Waals surface area contributed by atoms with Crippen LogP contribution in [-0.2, 0) is 21.4 Å². The Bertz CT molecular complexity index is 1750. The van der Waals surface area contributed by atoms with Crippen LogP contribution in [0, 0.1) is 13.8 Å². The van der Waals surface area contributed by atoms with Gasteiger partial charge in [0, 0.05) is 24.2 Å². The summed E-state index contributed by atoms with van der Waals surface area (Å²) in [4.78, 5) is 30.9. The Labute approximate surface area is 254 Å². The van der Waals surface area contributed by atoms with Gasteiger partial charge in [-0.05, 0) is 39.0 Å². The summed E-state index contributed by atoms with van der Waals surface area (Å²) in [6, 6.07) is 13.5. The zero-order chi connectivity index (χ0) is 31.4. The fourth-order valence-corrected chi connectivity index (χ4v) is 6.57. The highest BCUT2D eigenvalue weighted by Crippen LogP contribution is 2.29. The van der Waals surface area contributed by atoms with Crippen molar-refractivity contribution >= 4 is 21.8 Å². The second kappa shape index (κ2) is 12.9. The maximum absolute atomic E-state index is 13.7. The fourth-order valence-electron chi connectivity index (χ4n) is 4.89. The van der Waals surface area contributed by atoms with E-state index in [2.05, 4.69) is 20.9 Å². The van der Waals surface area contributed by atoms with E-state index in [9.17, 15) is 18.0 Å². The van der Waals surface area contributed by atoms with Crippen LogP contribution in [0.4, 0.5) is 0 Å². The molecule has 0 spiro atoms. The van der Waals surface area contributed by atoms with Crippen molar-refractivity contribution in [2.75, 3.05) is 33.4 Å². The molecular weight excluding hydrogens is 590 g/mol. The molecule has 2 amide bonds. The molecule has 1 atom stereocenters. The molecule has 1 aliphatic heterocycles. The van der Waals surface area contributed by atoms with Crippen molar-refractivity contribution in [2.45, 2.75) is 38.3 Å². The number of sulfonamides is 1. The van der Waals surface area contributed by atoms with Crippen molar-refractivity contribution in [1.29, 1.82) is 0 Å². The molecular formula is C29H33N7O7S. The standard InChI is InChI=1S/C29H33N7O7S/c1-18-26(20(3)43-34-18)44(39,40)35-13-12-30-29(38)22-10-11-23(41-4)24(16-22)42-15-14-36-28(19(2)31-25(37)17-35)32-27(33-36)21-8-6-5-7-9-21/h5-11,16,19H,12-15,17H2,1-4H3,(H,30,38)(H,31,37)/t19-/m1/s1. The molecule has 2 N–H and O–H groups in total. The lowest BCUT2D eigenvalue weighted by Crippen LogP contribution is -2.45. The Morgan fingerprint density at radius 3 is 2.52 bits per heavy atom. The third kappa shape index (κ3) is 6.43. The molecule has 5 rings (SSSR count). The average molecular weight is 624 g/mol. The van der Waals surface area contributed by atoms with E-state index in [1.807, 2.05) is 30.3 Å². The molecule has 0 unspecified atom stereocenters. The van der Waals surface area contributed by atoms with Crippen LogP contribution in [0.3, 0.4) is 0 Å². The molecule has 3 heterocycles. The second-order valence-corrected chi connectivity index (χ2v) is 12.0. The number of nitrogens with one attached hydrogen (secondary N) is 2. The minimum Gasteiger partial charge on any atom is -0.493 e. The summed E-state index contributed by atoms with van der Waals surface area (Å²) in [5.74, 6) is 0.736. The van der Waals surface area contributed by atoms with Gasteiger partial charge < -0.3 is 24.6 Å². The largest absolute Gasteiger partial charge is 0.493 e. The van der Waals surface area contributed by atoms with Gasteiger partial charge >= 0.3 is 0 Å². The van der Waals surface area contributed by atoms with Gasteiger partial charge in [0.1, 0.15) is 23.0 Å². The number of carbonyl (C=O) groups is 2. The molecule has 232 valence electrons. The number of benzene rings is 2. The summed E-state index contributed by atoms with van der Waals surface area (Å²) in [5.41, 5.74) is 1.23. The summed E-state index contributed by atoms with van der Waals surface area (Å²) < 4.78 is 46.6. The summed E-state index contributed by atoms with van der Waals surface area (Å²) >= 11 is 0. The lowest BCUT2D eigenvalue weighted by atomic mass is 10.2. The van der Waals surface area contributed by atoms with Crippen molar-refractivity contribution in [2.24, 2.45) is 0 Å². The quantitative estimate of drug-likeness (QED) is 0.344. The van der Waals surface area contributed by atoms with Gasteiger partial charge in [0.2, 0.25) is 15.9 Å². The van der Waals surface area contributed by atoms with E-state index >= 15 is 0 Å². The van der Waals surface area contributed by atoms with Crippen LogP contribution in [0.1, 0.15) is 40.6 Å². The second-order valence-electron chi connectivity index (χ2n) is 10.1. The first-order valence-electron chi connectivity index (χ1n) is 13.9. The highest BCUT2D eigenvalue weighted by molar-refractivity contribution is 7.89. The van der Waals surface area contributed by atoms with Crippen LogP contribution in [-0.4, -0.2) is 77.8 Å². The third-order valence-electron chi connectivity index (χ3n) is 7.02. The number of hydrogen-bond donors (Lipinski definition) is 2. The Morgan fingerprint density at radius 1 is 1.05 bits per heavy atom. The Hall–Kier alpha value is -4.76. The monoisotopic (exact) mass is 623 g/mol. The van der Waals surface area contributed by atoms with E-state index in [1.165, 1.54) is 21.0 Å². The first kappa shape index (κ1) is 30.7. The number of amides is 2. The summed E-state index contributed by atoms with van der Waals surface area (Å²) in [6.45, 7) is 4.32.